The Kier molecular flexibility index (Phi) is 5.58. The first kappa shape index (κ1) is 20.9. The van der Waals surface area contributed by atoms with Gasteiger partial charge in [0.25, 0.3) is 0 Å². The summed E-state index contributed by atoms with van der Waals surface area (Å²) >= 11 is 0. The van der Waals surface area contributed by atoms with Gasteiger partial charge in [0.15, 0.2) is 6.29 Å². The average molecular weight is 408 g/mol. The van der Waals surface area contributed by atoms with E-state index in [0.717, 1.165) is 54.8 Å². The fourth-order valence-corrected chi connectivity index (χ4v) is 4.54. The highest BCUT2D eigenvalue weighted by Gasteiger charge is 2.29. The van der Waals surface area contributed by atoms with Gasteiger partial charge in [-0.25, -0.2) is 0 Å². The molecule has 1 aliphatic rings. The van der Waals surface area contributed by atoms with Gasteiger partial charge in [-0.05, 0) is 59.9 Å². The molecule has 1 saturated heterocycles. The maximum Gasteiger partial charge on any atom is 0.199 e. The van der Waals surface area contributed by atoms with Crippen molar-refractivity contribution in [2.45, 2.75) is 72.0 Å². The molecule has 3 aromatic rings. The van der Waals surface area contributed by atoms with Crippen LogP contribution >= 0.6 is 0 Å². The smallest absolute Gasteiger partial charge is 0.199 e. The molecule has 30 heavy (non-hydrogen) atoms. The second-order valence-electron chi connectivity index (χ2n) is 10.2. The van der Waals surface area contributed by atoms with Crippen LogP contribution in [0, 0.1) is 5.41 Å². The first-order valence-corrected chi connectivity index (χ1v) is 11.0. The van der Waals surface area contributed by atoms with Crippen molar-refractivity contribution in [3.8, 4) is 11.4 Å². The molecule has 2 heterocycles. The van der Waals surface area contributed by atoms with Crippen molar-refractivity contribution in [3.63, 3.8) is 0 Å². The van der Waals surface area contributed by atoms with Crippen molar-refractivity contribution in [3.05, 3.63) is 48.0 Å². The van der Waals surface area contributed by atoms with Crippen LogP contribution in [0.4, 0.5) is 0 Å². The summed E-state index contributed by atoms with van der Waals surface area (Å²) < 4.78 is 12.1. The van der Waals surface area contributed by atoms with Gasteiger partial charge in [-0.3, -0.25) is 0 Å². The molecule has 0 amide bonds. The predicted molar refractivity (Wildman–Crippen MR) is 120 cm³/mol. The third-order valence-corrected chi connectivity index (χ3v) is 5.61. The number of hydrogen-bond acceptors (Lipinski definition) is 4. The highest BCUT2D eigenvalue weighted by atomic mass is 16.7. The molecule has 5 heteroatoms. The number of ether oxygens (including phenoxy) is 2. The Balaban J connectivity index is 1.76. The molecule has 4 rings (SSSR count). The molecule has 1 unspecified atom stereocenters. The van der Waals surface area contributed by atoms with E-state index in [1.165, 1.54) is 5.56 Å². The third-order valence-electron chi connectivity index (χ3n) is 5.61. The average Bonchev–Trinajstić information content (AvgIpc) is 3.11. The third kappa shape index (κ3) is 4.67. The van der Waals surface area contributed by atoms with Crippen LogP contribution < -0.4 is 4.74 Å². The van der Waals surface area contributed by atoms with Gasteiger partial charge < -0.3 is 9.47 Å². The van der Waals surface area contributed by atoms with E-state index >= 15 is 0 Å². The summed E-state index contributed by atoms with van der Waals surface area (Å²) in [7, 11) is 0. The zero-order valence-corrected chi connectivity index (χ0v) is 18.8. The minimum Gasteiger partial charge on any atom is -0.463 e. The van der Waals surface area contributed by atoms with Crippen molar-refractivity contribution in [2.75, 3.05) is 6.61 Å². The minimum atomic E-state index is -0.212. The summed E-state index contributed by atoms with van der Waals surface area (Å²) in [5.74, 6) is 0.762. The van der Waals surface area contributed by atoms with Crippen LogP contribution in [0.5, 0.6) is 5.75 Å². The van der Waals surface area contributed by atoms with Crippen molar-refractivity contribution in [2.24, 2.45) is 5.41 Å². The van der Waals surface area contributed by atoms with Crippen LogP contribution in [-0.2, 0) is 10.2 Å². The molecule has 0 bridgehead atoms. The predicted octanol–water partition coefficient (Wildman–Crippen LogP) is 6.04. The van der Waals surface area contributed by atoms with E-state index in [9.17, 15) is 0 Å². The maximum absolute atomic E-state index is 6.28. The van der Waals surface area contributed by atoms with Gasteiger partial charge in [0.1, 0.15) is 22.5 Å². The molecule has 0 radical (unpaired) electrons. The molecule has 160 valence electrons. The standard InChI is InChI=1S/C25H33N3O2/c1-24(2,3)17-25(4,5)18-13-14-22(30-23-12-8-9-15-29-23)21(16-18)28-26-19-10-6-7-11-20(19)27-28/h6-7,10-11,13-14,16,23H,8-9,12,15,17H2,1-5H3. The summed E-state index contributed by atoms with van der Waals surface area (Å²) in [6.45, 7) is 12.2. The number of hydrogen-bond donors (Lipinski definition) is 0. The van der Waals surface area contributed by atoms with E-state index in [0.29, 0.717) is 0 Å². The molecular formula is C25H33N3O2. The first-order valence-electron chi connectivity index (χ1n) is 11.0. The summed E-state index contributed by atoms with van der Waals surface area (Å²) in [5.41, 5.74) is 4.10. The number of fused-ring (bicyclic) bond motifs is 1. The van der Waals surface area contributed by atoms with Gasteiger partial charge in [0.2, 0.25) is 0 Å². The van der Waals surface area contributed by atoms with Crippen molar-refractivity contribution in [1.29, 1.82) is 0 Å². The molecule has 2 aromatic carbocycles. The van der Waals surface area contributed by atoms with Crippen LogP contribution in [0.25, 0.3) is 16.7 Å². The van der Waals surface area contributed by atoms with Crippen molar-refractivity contribution >= 4 is 11.0 Å². The second-order valence-corrected chi connectivity index (χ2v) is 10.2. The topological polar surface area (TPSA) is 49.2 Å². The van der Waals surface area contributed by atoms with Gasteiger partial charge >= 0.3 is 0 Å². The molecule has 0 saturated carbocycles. The Morgan fingerprint density at radius 1 is 1.00 bits per heavy atom. The van der Waals surface area contributed by atoms with E-state index in [2.05, 4.69) is 52.8 Å². The van der Waals surface area contributed by atoms with E-state index < -0.39 is 0 Å². The van der Waals surface area contributed by atoms with Crippen LogP contribution in [-0.4, -0.2) is 27.9 Å². The Labute approximate surface area is 179 Å². The Morgan fingerprint density at radius 3 is 2.30 bits per heavy atom. The van der Waals surface area contributed by atoms with Crippen LogP contribution in [0.3, 0.4) is 0 Å². The first-order chi connectivity index (χ1) is 14.2. The van der Waals surface area contributed by atoms with Gasteiger partial charge in [0, 0.05) is 6.42 Å². The van der Waals surface area contributed by atoms with Crippen molar-refractivity contribution < 1.29 is 9.47 Å². The number of nitrogens with zero attached hydrogens (tertiary/aromatic N) is 3. The zero-order chi connectivity index (χ0) is 21.4. The summed E-state index contributed by atoms with van der Waals surface area (Å²) in [5, 5.41) is 9.44. The summed E-state index contributed by atoms with van der Waals surface area (Å²) in [4.78, 5) is 1.71. The highest BCUT2D eigenvalue weighted by Crippen LogP contribution is 2.39. The number of aromatic nitrogens is 3. The molecule has 1 aliphatic heterocycles. The van der Waals surface area contributed by atoms with E-state index in [1.807, 2.05) is 24.3 Å². The zero-order valence-electron chi connectivity index (χ0n) is 18.8. The van der Waals surface area contributed by atoms with E-state index in [4.69, 9.17) is 19.7 Å². The number of benzene rings is 2. The largest absolute Gasteiger partial charge is 0.463 e. The molecule has 0 N–H and O–H groups in total. The summed E-state index contributed by atoms with van der Waals surface area (Å²) in [6, 6.07) is 14.4. The Bertz CT molecular complexity index is 978. The van der Waals surface area contributed by atoms with Crippen molar-refractivity contribution in [1.82, 2.24) is 15.0 Å². The maximum atomic E-state index is 6.28. The molecule has 0 aliphatic carbocycles. The van der Waals surface area contributed by atoms with Crippen LogP contribution in [0.1, 0.15) is 65.9 Å². The van der Waals surface area contributed by atoms with Crippen LogP contribution in [0.15, 0.2) is 42.5 Å². The lowest BCUT2D eigenvalue weighted by Crippen LogP contribution is -2.27. The summed E-state index contributed by atoms with van der Waals surface area (Å²) in [6.07, 6.45) is 3.99. The van der Waals surface area contributed by atoms with Gasteiger partial charge in [-0.1, -0.05) is 52.8 Å². The lowest BCUT2D eigenvalue weighted by Gasteiger charge is -2.33. The van der Waals surface area contributed by atoms with E-state index in [1.54, 1.807) is 4.80 Å². The normalized spacial score (nSPS) is 18.0. The van der Waals surface area contributed by atoms with Gasteiger partial charge in [-0.2, -0.15) is 0 Å². The Hall–Kier alpha value is -2.40. The quantitative estimate of drug-likeness (QED) is 0.517. The van der Waals surface area contributed by atoms with Crippen LogP contribution in [0.2, 0.25) is 0 Å². The fraction of sp³-hybridized carbons (Fsp3) is 0.520. The molecule has 1 atom stereocenters. The number of rotatable bonds is 5. The highest BCUT2D eigenvalue weighted by molar-refractivity contribution is 5.73. The molecule has 1 fully saturated rings. The lowest BCUT2D eigenvalue weighted by atomic mass is 9.72. The lowest BCUT2D eigenvalue weighted by molar-refractivity contribution is -0.105. The SMILES string of the molecule is CC(C)(C)CC(C)(C)c1ccc(OC2CCCCO2)c(-n2nc3ccccc3n2)c1. The van der Waals surface area contributed by atoms with Gasteiger partial charge in [0.05, 0.1) is 6.61 Å². The monoisotopic (exact) mass is 407 g/mol. The molecular weight excluding hydrogens is 374 g/mol. The van der Waals surface area contributed by atoms with E-state index in [-0.39, 0.29) is 17.1 Å². The second kappa shape index (κ2) is 8.03. The minimum absolute atomic E-state index is 0.0133. The molecule has 1 aromatic heterocycles. The molecule has 5 nitrogen and oxygen atoms in total. The molecule has 0 spiro atoms. The fourth-order valence-electron chi connectivity index (χ4n) is 4.54. The Morgan fingerprint density at radius 2 is 1.70 bits per heavy atom. The van der Waals surface area contributed by atoms with Gasteiger partial charge in [-0.15, -0.1) is 15.0 Å².